The number of benzene rings is 2. The third kappa shape index (κ3) is 6.28. The zero-order valence-corrected chi connectivity index (χ0v) is 18.5. The van der Waals surface area contributed by atoms with Crippen LogP contribution in [-0.2, 0) is 14.3 Å². The first-order valence-corrected chi connectivity index (χ1v) is 10.7. The topological polar surface area (TPSA) is 87.7 Å². The molecule has 168 valence electrons. The number of hydrogen-bond donors (Lipinski definition) is 2. The maximum atomic E-state index is 12.5. The highest BCUT2D eigenvalue weighted by molar-refractivity contribution is 6.07. The first-order valence-electron chi connectivity index (χ1n) is 10.7. The number of methoxy groups -OCH3 is 1. The lowest BCUT2D eigenvalue weighted by atomic mass is 10.1. The summed E-state index contributed by atoms with van der Waals surface area (Å²) in [7, 11) is 1.31. The molecule has 7 nitrogen and oxygen atoms in total. The number of likely N-dealkylation sites (tertiary alicyclic amines) is 1. The minimum Gasteiger partial charge on any atom is -0.465 e. The molecule has 0 spiro atoms. The van der Waals surface area contributed by atoms with Crippen molar-refractivity contribution in [3.8, 4) is 0 Å². The zero-order chi connectivity index (χ0) is 22.9. The van der Waals surface area contributed by atoms with Crippen LogP contribution in [0.25, 0.3) is 0 Å². The van der Waals surface area contributed by atoms with Gasteiger partial charge in [-0.05, 0) is 62.7 Å². The Labute approximate surface area is 188 Å². The molecule has 1 unspecified atom stereocenters. The molecule has 32 heavy (non-hydrogen) atoms. The van der Waals surface area contributed by atoms with E-state index in [1.54, 1.807) is 31.2 Å². The summed E-state index contributed by atoms with van der Waals surface area (Å²) in [5, 5.41) is 5.66. The van der Waals surface area contributed by atoms with E-state index in [4.69, 9.17) is 0 Å². The highest BCUT2D eigenvalue weighted by Crippen LogP contribution is 2.24. The summed E-state index contributed by atoms with van der Waals surface area (Å²) in [6.07, 6.45) is 3.64. The molecule has 0 aliphatic carbocycles. The van der Waals surface area contributed by atoms with Crippen molar-refractivity contribution in [2.75, 3.05) is 32.1 Å². The minimum atomic E-state index is -0.446. The second-order valence-electron chi connectivity index (χ2n) is 7.77. The average molecular weight is 436 g/mol. The molecule has 1 aliphatic rings. The van der Waals surface area contributed by atoms with E-state index >= 15 is 0 Å². The Balaban J connectivity index is 1.57. The van der Waals surface area contributed by atoms with E-state index in [0.717, 1.165) is 25.9 Å². The van der Waals surface area contributed by atoms with E-state index in [9.17, 15) is 14.4 Å². The van der Waals surface area contributed by atoms with Crippen LogP contribution in [0.15, 0.2) is 66.2 Å². The van der Waals surface area contributed by atoms with E-state index < -0.39 is 5.97 Å². The summed E-state index contributed by atoms with van der Waals surface area (Å²) in [5.74, 6) is -1.14. The van der Waals surface area contributed by atoms with Crippen molar-refractivity contribution in [1.29, 1.82) is 0 Å². The van der Waals surface area contributed by atoms with Crippen LogP contribution in [0.5, 0.6) is 0 Å². The predicted octanol–water partition coefficient (Wildman–Crippen LogP) is 3.31. The van der Waals surface area contributed by atoms with Gasteiger partial charge >= 0.3 is 5.97 Å². The van der Waals surface area contributed by atoms with Gasteiger partial charge in [0.15, 0.2) is 0 Å². The summed E-state index contributed by atoms with van der Waals surface area (Å²) in [6, 6.07) is 16.6. The summed E-state index contributed by atoms with van der Waals surface area (Å²) in [6.45, 7) is 4.10. The van der Waals surface area contributed by atoms with E-state index in [1.807, 2.05) is 18.2 Å². The van der Waals surface area contributed by atoms with Crippen LogP contribution in [0.1, 0.15) is 41.7 Å². The molecule has 3 rings (SSSR count). The van der Waals surface area contributed by atoms with Gasteiger partial charge in [0.2, 0.25) is 5.91 Å². The van der Waals surface area contributed by atoms with Gasteiger partial charge in [-0.15, -0.1) is 0 Å². The summed E-state index contributed by atoms with van der Waals surface area (Å²) in [5.41, 5.74) is 2.37. The van der Waals surface area contributed by atoms with Crippen molar-refractivity contribution in [2.24, 2.45) is 0 Å². The second-order valence-corrected chi connectivity index (χ2v) is 7.77. The number of rotatable bonds is 8. The third-order valence-corrected chi connectivity index (χ3v) is 5.51. The molecule has 2 aromatic rings. The number of anilines is 1. The van der Waals surface area contributed by atoms with E-state index in [2.05, 4.69) is 32.4 Å². The Hall–Kier alpha value is -3.45. The number of ether oxygens (including phenoxy) is 1. The molecule has 0 saturated carbocycles. The predicted molar refractivity (Wildman–Crippen MR) is 123 cm³/mol. The van der Waals surface area contributed by atoms with Crippen molar-refractivity contribution in [2.45, 2.75) is 25.8 Å². The standard InChI is InChI=1S/C25H29N3O4/c1-18(24(30)27-21-12-10-20(11-13-21)25(31)32-2)16-23(29)26-17-22(28-14-6-7-15-28)19-8-4-3-5-9-19/h3-5,8-13,16,22H,6-7,14-15,17H2,1-2H3,(H,26,29)(H,27,30)/b18-16+. The van der Waals surface area contributed by atoms with Gasteiger partial charge in [-0.1, -0.05) is 30.3 Å². The lowest BCUT2D eigenvalue weighted by molar-refractivity contribution is -0.117. The molecule has 0 aromatic heterocycles. The molecule has 1 fully saturated rings. The number of amides is 2. The van der Waals surface area contributed by atoms with Gasteiger partial charge in [-0.2, -0.15) is 0 Å². The first-order chi connectivity index (χ1) is 15.5. The molecule has 1 heterocycles. The maximum absolute atomic E-state index is 12.5. The maximum Gasteiger partial charge on any atom is 0.337 e. The molecule has 0 radical (unpaired) electrons. The molecule has 1 saturated heterocycles. The van der Waals surface area contributed by atoms with E-state index in [1.165, 1.54) is 18.7 Å². The van der Waals surface area contributed by atoms with Crippen LogP contribution in [0.2, 0.25) is 0 Å². The number of carbonyl (C=O) groups is 3. The fourth-order valence-electron chi connectivity index (χ4n) is 3.73. The van der Waals surface area contributed by atoms with Crippen molar-refractivity contribution < 1.29 is 19.1 Å². The Morgan fingerprint density at radius 1 is 1.03 bits per heavy atom. The molecular weight excluding hydrogens is 406 g/mol. The first kappa shape index (κ1) is 23.2. The Morgan fingerprint density at radius 2 is 1.69 bits per heavy atom. The fourth-order valence-corrected chi connectivity index (χ4v) is 3.73. The summed E-state index contributed by atoms with van der Waals surface area (Å²) >= 11 is 0. The minimum absolute atomic E-state index is 0.110. The second kappa shape index (κ2) is 11.2. The van der Waals surface area contributed by atoms with Crippen molar-refractivity contribution >= 4 is 23.5 Å². The highest BCUT2D eigenvalue weighted by Gasteiger charge is 2.23. The Kier molecular flexibility index (Phi) is 8.16. The van der Waals surface area contributed by atoms with Crippen LogP contribution in [0.3, 0.4) is 0 Å². The smallest absolute Gasteiger partial charge is 0.337 e. The molecular formula is C25H29N3O4. The molecule has 2 aromatic carbocycles. The van der Waals surface area contributed by atoms with Crippen LogP contribution in [0.4, 0.5) is 5.69 Å². The average Bonchev–Trinajstić information content (AvgIpc) is 3.34. The molecule has 2 N–H and O–H groups in total. The van der Waals surface area contributed by atoms with Gasteiger partial charge in [0.1, 0.15) is 0 Å². The number of esters is 1. The number of carbonyl (C=O) groups excluding carboxylic acids is 3. The van der Waals surface area contributed by atoms with Gasteiger partial charge in [0, 0.05) is 23.9 Å². The van der Waals surface area contributed by atoms with E-state index in [0.29, 0.717) is 17.8 Å². The molecule has 0 bridgehead atoms. The lowest BCUT2D eigenvalue weighted by Gasteiger charge is -2.28. The van der Waals surface area contributed by atoms with E-state index in [-0.39, 0.29) is 23.4 Å². The lowest BCUT2D eigenvalue weighted by Crippen LogP contribution is -2.36. The number of hydrogen-bond acceptors (Lipinski definition) is 5. The Morgan fingerprint density at radius 3 is 2.31 bits per heavy atom. The van der Waals surface area contributed by atoms with Crippen LogP contribution < -0.4 is 10.6 Å². The summed E-state index contributed by atoms with van der Waals surface area (Å²) < 4.78 is 4.66. The van der Waals surface area contributed by atoms with Crippen LogP contribution >= 0.6 is 0 Å². The largest absolute Gasteiger partial charge is 0.465 e. The van der Waals surface area contributed by atoms with Crippen molar-refractivity contribution in [3.05, 3.63) is 77.4 Å². The molecule has 7 heteroatoms. The van der Waals surface area contributed by atoms with Gasteiger partial charge in [-0.3, -0.25) is 14.5 Å². The molecule has 1 atom stereocenters. The number of nitrogens with one attached hydrogen (secondary N) is 2. The molecule has 1 aliphatic heterocycles. The Bertz CT molecular complexity index is 964. The van der Waals surface area contributed by atoms with Crippen LogP contribution in [0, 0.1) is 0 Å². The van der Waals surface area contributed by atoms with Gasteiger partial charge < -0.3 is 15.4 Å². The third-order valence-electron chi connectivity index (χ3n) is 5.51. The summed E-state index contributed by atoms with van der Waals surface area (Å²) in [4.78, 5) is 38.8. The van der Waals surface area contributed by atoms with Gasteiger partial charge in [0.25, 0.3) is 5.91 Å². The fraction of sp³-hybridized carbons (Fsp3) is 0.320. The number of nitrogens with zero attached hydrogens (tertiary/aromatic N) is 1. The molecule has 2 amide bonds. The zero-order valence-electron chi connectivity index (χ0n) is 18.5. The van der Waals surface area contributed by atoms with Crippen molar-refractivity contribution in [1.82, 2.24) is 10.2 Å². The SMILES string of the molecule is COC(=O)c1ccc(NC(=O)/C(C)=C/C(=O)NCC(c2ccccc2)N2CCCC2)cc1. The van der Waals surface area contributed by atoms with Crippen LogP contribution in [-0.4, -0.2) is 49.4 Å². The quantitative estimate of drug-likeness (QED) is 0.491. The van der Waals surface area contributed by atoms with Gasteiger partial charge in [-0.25, -0.2) is 4.79 Å². The normalized spacial score (nSPS) is 15.1. The monoisotopic (exact) mass is 435 g/mol. The van der Waals surface area contributed by atoms with Gasteiger partial charge in [0.05, 0.1) is 18.7 Å². The van der Waals surface area contributed by atoms with Crippen molar-refractivity contribution in [3.63, 3.8) is 0 Å². The highest BCUT2D eigenvalue weighted by atomic mass is 16.5.